The molecule has 0 amide bonds. The Kier molecular flexibility index (Phi) is 6.89. The topological polar surface area (TPSA) is 25.8 Å². The van der Waals surface area contributed by atoms with Crippen LogP contribution in [0.3, 0.4) is 0 Å². The van der Waals surface area contributed by atoms with E-state index in [1.54, 1.807) is 12.1 Å². The van der Waals surface area contributed by atoms with Crippen LogP contribution in [0.2, 0.25) is 17.3 Å². The Hall–Kier alpha value is -2.63. The predicted octanol–water partition coefficient (Wildman–Crippen LogP) is 10.1. The molecule has 43 heavy (non-hydrogen) atoms. The molecule has 3 heterocycles. The third-order valence-corrected chi connectivity index (χ3v) is 12.1. The van der Waals surface area contributed by atoms with Crippen molar-refractivity contribution in [3.05, 3.63) is 114 Å². The monoisotopic (exact) mass is 834 g/mol. The van der Waals surface area contributed by atoms with Crippen LogP contribution in [-0.2, 0) is 26.5 Å². The van der Waals surface area contributed by atoms with Gasteiger partial charge in [0.1, 0.15) is 0 Å². The fraction of sp³-hybridized carbons (Fsp3) is 0.263. The molecule has 1 radical (unpaired) electrons. The molecule has 3 aromatic heterocycles. The van der Waals surface area contributed by atoms with Crippen molar-refractivity contribution in [3.8, 4) is 22.5 Å². The molecule has 3 aromatic carbocycles. The van der Waals surface area contributed by atoms with E-state index < -0.39 is 40.2 Å². The molecule has 0 saturated heterocycles. The van der Waals surface area contributed by atoms with E-state index in [0.29, 0.717) is 31.4 Å². The van der Waals surface area contributed by atoms with Crippen LogP contribution in [0.25, 0.3) is 42.7 Å². The second-order valence-corrected chi connectivity index (χ2v) is 23.1. The number of benzene rings is 3. The van der Waals surface area contributed by atoms with Crippen molar-refractivity contribution in [1.29, 1.82) is 0 Å². The van der Waals surface area contributed by atoms with Crippen molar-refractivity contribution in [2.45, 2.75) is 58.0 Å². The van der Waals surface area contributed by atoms with Crippen molar-refractivity contribution >= 4 is 49.2 Å². The normalized spacial score (nSPS) is 16.4. The van der Waals surface area contributed by atoms with Crippen LogP contribution in [0, 0.1) is 38.6 Å². The van der Waals surface area contributed by atoms with E-state index in [0.717, 1.165) is 21.2 Å². The number of aromatic nitrogens is 2. The summed E-state index contributed by atoms with van der Waals surface area (Å²) in [5, 5.41) is 1.10. The third-order valence-electron chi connectivity index (χ3n) is 6.70. The molecular formula is C38H40GeIrN2S-2. The number of hydrogen-bond donors (Lipinski definition) is 0. The fourth-order valence-electron chi connectivity index (χ4n) is 4.76. The number of rotatable bonds is 5. The zero-order valence-electron chi connectivity index (χ0n) is 35.7. The largest absolute Gasteiger partial charge is 0 e. The molecule has 0 spiro atoms. The van der Waals surface area contributed by atoms with Crippen molar-refractivity contribution in [1.82, 2.24) is 9.97 Å². The second-order valence-electron chi connectivity index (χ2n) is 11.5. The van der Waals surface area contributed by atoms with Gasteiger partial charge in [0.05, 0.1) is 0 Å². The average Bonchev–Trinajstić information content (AvgIpc) is 3.45. The van der Waals surface area contributed by atoms with E-state index >= 15 is 0 Å². The molecule has 0 N–H and O–H groups in total. The summed E-state index contributed by atoms with van der Waals surface area (Å²) in [6, 6.07) is 24.7. The van der Waals surface area contributed by atoms with E-state index in [1.165, 1.54) is 41.8 Å². The molecule has 5 heteroatoms. The van der Waals surface area contributed by atoms with Crippen LogP contribution in [-0.4, -0.2) is 23.2 Å². The van der Waals surface area contributed by atoms with Gasteiger partial charge < -0.3 is 4.98 Å². The van der Waals surface area contributed by atoms with Gasteiger partial charge in [0, 0.05) is 43.3 Å². The van der Waals surface area contributed by atoms with Crippen LogP contribution in [0.5, 0.6) is 0 Å². The van der Waals surface area contributed by atoms with Gasteiger partial charge >= 0.3 is 128 Å². The SMILES string of the molecule is [2H]C([2H])([2H])c1ccnc(-c2[c-]cc(C([2H])([2H])[2H])c3c2sc2cc(C([2H])([2H])[2H])ccc23)c1.[2H]C([2H])(c1cc(-c2[c-]cccc2)nc[c]1[Ge]([CH3])([CH3])[CH3])C(C)C.[Ir]. The predicted molar refractivity (Wildman–Crippen MR) is 186 cm³/mol. The Labute approximate surface area is 293 Å². The minimum absolute atomic E-state index is 0. The maximum absolute atomic E-state index is 8.56. The molecule has 0 bridgehead atoms. The van der Waals surface area contributed by atoms with Crippen LogP contribution in [0.4, 0.5) is 0 Å². The number of nitrogens with zero attached hydrogens (tertiary/aromatic N) is 2. The molecule has 0 aliphatic heterocycles. The summed E-state index contributed by atoms with van der Waals surface area (Å²) in [6.07, 6.45) is 1.96. The number of thiophene rings is 1. The summed E-state index contributed by atoms with van der Waals surface area (Å²) in [4.78, 5) is 8.88. The molecule has 2 nitrogen and oxygen atoms in total. The van der Waals surface area contributed by atoms with E-state index in [2.05, 4.69) is 39.4 Å². The van der Waals surface area contributed by atoms with Gasteiger partial charge in [-0.3, -0.25) is 0 Å². The van der Waals surface area contributed by atoms with Crippen molar-refractivity contribution < 1.29 is 35.2 Å². The summed E-state index contributed by atoms with van der Waals surface area (Å²) in [5.74, 6) is 6.77. The van der Waals surface area contributed by atoms with Crippen LogP contribution >= 0.6 is 11.3 Å². The summed E-state index contributed by atoms with van der Waals surface area (Å²) >= 11 is -0.957. The first kappa shape index (κ1) is 21.2. The Morgan fingerprint density at radius 3 is 2.44 bits per heavy atom. The molecule has 0 unspecified atom stereocenters. The fourth-order valence-corrected chi connectivity index (χ4v) is 8.98. The zero-order valence-corrected chi connectivity index (χ0v) is 30.0. The van der Waals surface area contributed by atoms with Crippen LogP contribution in [0.1, 0.15) is 51.2 Å². The second kappa shape index (κ2) is 14.0. The molecule has 0 atom stereocenters. The molecule has 223 valence electrons. The number of hydrogen-bond acceptors (Lipinski definition) is 3. The number of aryl methyl sites for hydroxylation is 3. The van der Waals surface area contributed by atoms with Crippen molar-refractivity contribution in [3.63, 3.8) is 0 Å². The number of fused-ring (bicyclic) bond motifs is 3. The first-order valence-corrected chi connectivity index (χ1v) is 21.9. The molecule has 6 aromatic rings. The van der Waals surface area contributed by atoms with Gasteiger partial charge in [-0.15, -0.1) is 23.3 Å². The van der Waals surface area contributed by atoms with E-state index in [1.807, 2.05) is 50.4 Å². The van der Waals surface area contributed by atoms with Gasteiger partial charge in [-0.05, 0) is 47.2 Å². The standard InChI is InChI=1S/C20H16NS.C18H24GeN.Ir/c1-12-4-6-16-18(11-12)22-20-15(7-5-14(3)19(16)20)17-10-13(2)8-9-21-17;1-14(2)11-16-12-18(15-9-7-6-8-10-15)20-13-17(16)19(3,4)5;/h4-6,8-11H,1-3H3;6-9,12-14H,11H2,1-5H3;/q2*-1;/i1D3,2D3,3D3;11D2;. The molecule has 0 aliphatic rings. The first-order chi connectivity index (χ1) is 24.4. The minimum atomic E-state index is -2.40. The Balaban J connectivity index is 0.000000250. The molecule has 6 rings (SSSR count). The maximum Gasteiger partial charge on any atom is 0 e. The van der Waals surface area contributed by atoms with E-state index in [4.69, 9.17) is 15.1 Å². The van der Waals surface area contributed by atoms with Gasteiger partial charge in [-0.25, -0.2) is 0 Å². The van der Waals surface area contributed by atoms with Gasteiger partial charge in [0.2, 0.25) is 0 Å². The summed E-state index contributed by atoms with van der Waals surface area (Å²) < 4.78 is 89.2. The molecule has 0 fully saturated rings. The Morgan fingerprint density at radius 1 is 0.930 bits per heavy atom. The average molecular weight is 833 g/mol. The zero-order chi connectivity index (χ0) is 39.3. The van der Waals surface area contributed by atoms with Gasteiger partial charge in [-0.1, -0.05) is 36.0 Å². The minimum Gasteiger partial charge on any atom is 0 e. The van der Waals surface area contributed by atoms with Gasteiger partial charge in [0.15, 0.2) is 0 Å². The van der Waals surface area contributed by atoms with E-state index in [-0.39, 0.29) is 42.7 Å². The maximum atomic E-state index is 8.56. The van der Waals surface area contributed by atoms with Crippen LogP contribution < -0.4 is 4.40 Å². The Morgan fingerprint density at radius 2 is 1.74 bits per heavy atom. The summed E-state index contributed by atoms with van der Waals surface area (Å²) in [7, 11) is 0. The molecule has 0 aliphatic carbocycles. The number of pyridine rings is 2. The van der Waals surface area contributed by atoms with Crippen molar-refractivity contribution in [2.24, 2.45) is 5.92 Å². The molecular weight excluding hydrogens is 781 g/mol. The molecule has 0 saturated carbocycles. The van der Waals surface area contributed by atoms with Gasteiger partial charge in [0.25, 0.3) is 0 Å². The third kappa shape index (κ3) is 7.72. The summed E-state index contributed by atoms with van der Waals surface area (Å²) in [5.41, 5.74) is 3.75. The smallest absolute Gasteiger partial charge is 0 e. The van der Waals surface area contributed by atoms with Crippen molar-refractivity contribution in [2.75, 3.05) is 0 Å². The van der Waals surface area contributed by atoms with E-state index in [9.17, 15) is 0 Å². The Bertz CT molecular complexity index is 2260. The van der Waals surface area contributed by atoms with Crippen LogP contribution in [0.15, 0.2) is 79.1 Å². The first-order valence-electron chi connectivity index (χ1n) is 19.3. The summed E-state index contributed by atoms with van der Waals surface area (Å²) in [6.45, 7) is -3.13. The van der Waals surface area contributed by atoms with Gasteiger partial charge in [-0.2, -0.15) is 11.3 Å². The quantitative estimate of drug-likeness (QED) is 0.128.